The van der Waals surface area contributed by atoms with Crippen molar-refractivity contribution in [3.8, 4) is 5.75 Å². The Morgan fingerprint density at radius 1 is 1.19 bits per heavy atom. The van der Waals surface area contributed by atoms with Crippen LogP contribution in [0, 0.1) is 10.1 Å². The summed E-state index contributed by atoms with van der Waals surface area (Å²) in [5.74, 6) is -0.164. The third-order valence-corrected chi connectivity index (χ3v) is 8.71. The van der Waals surface area contributed by atoms with Gasteiger partial charge in [0.05, 0.1) is 31.8 Å². The number of carbonyl (C=O) groups is 1. The van der Waals surface area contributed by atoms with E-state index >= 15 is 0 Å². The zero-order valence-corrected chi connectivity index (χ0v) is 26.6. The molecule has 220 valence electrons. The largest absolute Gasteiger partial charge is 0.487 e. The quantitative estimate of drug-likeness (QED) is 0.120. The molecule has 0 saturated heterocycles. The molecule has 0 radical (unpaired) electrons. The van der Waals surface area contributed by atoms with Gasteiger partial charge in [0.15, 0.2) is 4.80 Å². The van der Waals surface area contributed by atoms with Gasteiger partial charge in [-0.2, -0.15) is 0 Å². The van der Waals surface area contributed by atoms with Gasteiger partial charge in [-0.1, -0.05) is 52.7 Å². The van der Waals surface area contributed by atoms with Crippen molar-refractivity contribution in [3.63, 3.8) is 0 Å². The first-order valence-corrected chi connectivity index (χ1v) is 15.2. The number of nitro benzene ring substituents is 1. The second-order valence-electron chi connectivity index (χ2n) is 9.34. The lowest BCUT2D eigenvalue weighted by molar-refractivity contribution is -0.384. The molecule has 0 unspecified atom stereocenters. The molecule has 1 aromatic heterocycles. The molecular weight excluding hydrogens is 681 g/mol. The van der Waals surface area contributed by atoms with Crippen molar-refractivity contribution in [2.75, 3.05) is 6.61 Å². The van der Waals surface area contributed by atoms with Gasteiger partial charge in [0.25, 0.3) is 11.2 Å². The Bertz CT molecular complexity index is 1970. The number of carbonyl (C=O) groups excluding carboxylic acids is 1. The minimum absolute atomic E-state index is 0.0241. The number of benzene rings is 3. The highest BCUT2D eigenvalue weighted by atomic mass is 79.9. The monoisotopic (exact) mass is 701 g/mol. The molecule has 4 aromatic rings. The second-order valence-corrected chi connectivity index (χ2v) is 12.0. The Labute approximate surface area is 267 Å². The van der Waals surface area contributed by atoms with E-state index < -0.39 is 16.9 Å². The Hall–Kier alpha value is -3.77. The average Bonchev–Trinajstić information content (AvgIpc) is 3.26. The number of thiazole rings is 1. The summed E-state index contributed by atoms with van der Waals surface area (Å²) in [7, 11) is 0. The summed E-state index contributed by atoms with van der Waals surface area (Å²) in [6.45, 7) is 3.67. The van der Waals surface area contributed by atoms with Gasteiger partial charge in [0.1, 0.15) is 18.4 Å². The van der Waals surface area contributed by atoms with Crippen LogP contribution in [0.3, 0.4) is 0 Å². The topological polar surface area (TPSA) is 113 Å². The Morgan fingerprint density at radius 3 is 2.58 bits per heavy atom. The lowest BCUT2D eigenvalue weighted by Crippen LogP contribution is -2.40. The van der Waals surface area contributed by atoms with E-state index in [1.807, 2.05) is 0 Å². The number of fused-ring (bicyclic) bond motifs is 1. The standard InChI is InChI=1S/C30H22BrCl2N3O6S/c1-3-41-29(38)25-16(2)34-30-35(26(25)21-6-4-5-7-23(21)33)28(37)24(43-30)13-18-12-19(32)14-22(31)27(18)42-15-17-8-10-20(11-9-17)36(39)40/h4-14,26H,3,15H2,1-2H3/b24-13-/t26-/m0/s1. The van der Waals surface area contributed by atoms with E-state index in [1.165, 1.54) is 16.7 Å². The van der Waals surface area contributed by atoms with Crippen molar-refractivity contribution in [1.82, 2.24) is 4.57 Å². The van der Waals surface area contributed by atoms with Crippen LogP contribution in [0.4, 0.5) is 5.69 Å². The first-order chi connectivity index (χ1) is 20.6. The molecule has 1 aliphatic rings. The van der Waals surface area contributed by atoms with E-state index in [0.29, 0.717) is 52.0 Å². The summed E-state index contributed by atoms with van der Waals surface area (Å²) in [6, 6.07) is 15.5. The molecule has 0 spiro atoms. The number of aromatic nitrogens is 1. The fourth-order valence-electron chi connectivity index (χ4n) is 4.63. The Kier molecular flexibility index (Phi) is 9.16. The first kappa shape index (κ1) is 30.7. The molecule has 0 N–H and O–H groups in total. The van der Waals surface area contributed by atoms with E-state index in [2.05, 4.69) is 20.9 Å². The number of hydrogen-bond acceptors (Lipinski definition) is 8. The van der Waals surface area contributed by atoms with E-state index in [0.717, 1.165) is 11.3 Å². The number of hydrogen-bond donors (Lipinski definition) is 0. The molecule has 9 nitrogen and oxygen atoms in total. The van der Waals surface area contributed by atoms with E-state index in [1.54, 1.807) is 68.5 Å². The van der Waals surface area contributed by atoms with Gasteiger partial charge in [-0.3, -0.25) is 19.5 Å². The molecule has 1 aliphatic heterocycles. The van der Waals surface area contributed by atoms with Crippen LogP contribution in [0.5, 0.6) is 5.75 Å². The number of non-ortho nitro benzene ring substituents is 1. The first-order valence-electron chi connectivity index (χ1n) is 12.9. The van der Waals surface area contributed by atoms with Gasteiger partial charge in [0, 0.05) is 27.7 Å². The smallest absolute Gasteiger partial charge is 0.338 e. The lowest BCUT2D eigenvalue weighted by Gasteiger charge is -2.25. The lowest BCUT2D eigenvalue weighted by atomic mass is 9.96. The van der Waals surface area contributed by atoms with E-state index in [9.17, 15) is 19.7 Å². The summed E-state index contributed by atoms with van der Waals surface area (Å²) in [5.41, 5.74) is 2.03. The molecule has 3 aromatic carbocycles. The molecule has 0 fully saturated rings. The van der Waals surface area contributed by atoms with Crippen LogP contribution >= 0.6 is 50.5 Å². The van der Waals surface area contributed by atoms with Crippen LogP contribution in [0.1, 0.15) is 36.6 Å². The minimum atomic E-state index is -0.852. The molecular formula is C30H22BrCl2N3O6S. The second kappa shape index (κ2) is 12.8. The highest BCUT2D eigenvalue weighted by Crippen LogP contribution is 2.36. The summed E-state index contributed by atoms with van der Waals surface area (Å²) in [4.78, 5) is 42.6. The van der Waals surface area contributed by atoms with Gasteiger partial charge < -0.3 is 9.47 Å². The predicted molar refractivity (Wildman–Crippen MR) is 168 cm³/mol. The van der Waals surface area contributed by atoms with E-state index in [4.69, 9.17) is 32.7 Å². The molecule has 0 amide bonds. The minimum Gasteiger partial charge on any atom is -0.487 e. The van der Waals surface area contributed by atoms with Crippen molar-refractivity contribution in [1.29, 1.82) is 0 Å². The van der Waals surface area contributed by atoms with Gasteiger partial charge in [0.2, 0.25) is 0 Å². The Balaban J connectivity index is 1.62. The summed E-state index contributed by atoms with van der Waals surface area (Å²) in [6.07, 6.45) is 1.65. The molecule has 43 heavy (non-hydrogen) atoms. The molecule has 2 heterocycles. The third-order valence-electron chi connectivity index (χ3n) is 6.57. The summed E-state index contributed by atoms with van der Waals surface area (Å²) in [5, 5.41) is 11.8. The maximum atomic E-state index is 14.0. The molecule has 5 rings (SSSR count). The van der Waals surface area contributed by atoms with Crippen molar-refractivity contribution in [3.05, 3.63) is 133 Å². The van der Waals surface area contributed by atoms with Crippen LogP contribution in [-0.2, 0) is 16.1 Å². The summed E-state index contributed by atoms with van der Waals surface area (Å²) >= 11 is 17.6. The van der Waals surface area contributed by atoms with Crippen LogP contribution in [0.25, 0.3) is 6.08 Å². The van der Waals surface area contributed by atoms with Crippen LogP contribution in [0.2, 0.25) is 10.0 Å². The third kappa shape index (κ3) is 6.30. The van der Waals surface area contributed by atoms with Crippen molar-refractivity contribution in [2.45, 2.75) is 26.5 Å². The maximum absolute atomic E-state index is 14.0. The zero-order chi connectivity index (χ0) is 30.8. The highest BCUT2D eigenvalue weighted by Gasteiger charge is 2.34. The predicted octanol–water partition coefficient (Wildman–Crippen LogP) is 6.35. The number of ether oxygens (including phenoxy) is 2. The Morgan fingerprint density at radius 2 is 1.91 bits per heavy atom. The van der Waals surface area contributed by atoms with Crippen molar-refractivity contribution < 1.29 is 19.2 Å². The van der Waals surface area contributed by atoms with E-state index in [-0.39, 0.29) is 30.0 Å². The van der Waals surface area contributed by atoms with Crippen LogP contribution in [0.15, 0.2) is 86.2 Å². The number of nitro groups is 1. The van der Waals surface area contributed by atoms with Gasteiger partial charge in [-0.15, -0.1) is 0 Å². The van der Waals surface area contributed by atoms with Crippen LogP contribution in [-0.4, -0.2) is 22.1 Å². The number of nitrogens with zero attached hydrogens (tertiary/aromatic N) is 3. The normalized spacial score (nSPS) is 14.7. The van der Waals surface area contributed by atoms with Gasteiger partial charge >= 0.3 is 5.97 Å². The molecule has 1 atom stereocenters. The number of allylic oxidation sites excluding steroid dienone is 1. The number of halogens is 3. The van der Waals surface area contributed by atoms with Crippen molar-refractivity contribution >= 4 is 68.2 Å². The van der Waals surface area contributed by atoms with Crippen molar-refractivity contribution in [2.24, 2.45) is 4.99 Å². The molecule has 13 heteroatoms. The fraction of sp³-hybridized carbons (Fsp3) is 0.167. The number of rotatable bonds is 8. The number of esters is 1. The van der Waals surface area contributed by atoms with Crippen LogP contribution < -0.4 is 19.6 Å². The molecule has 0 saturated carbocycles. The molecule has 0 aliphatic carbocycles. The fourth-order valence-corrected chi connectivity index (χ4v) is 6.86. The molecule has 0 bridgehead atoms. The highest BCUT2D eigenvalue weighted by molar-refractivity contribution is 9.10. The summed E-state index contributed by atoms with van der Waals surface area (Å²) < 4.78 is 13.8. The average molecular weight is 703 g/mol. The SMILES string of the molecule is CCOC(=O)C1=C(C)N=c2s/c(=C\c3cc(Cl)cc(Br)c3OCc3ccc([N+](=O)[O-])cc3)c(=O)n2[C@H]1c1ccccc1Cl. The van der Waals surface area contributed by atoms with Gasteiger partial charge in [-0.25, -0.2) is 9.79 Å². The maximum Gasteiger partial charge on any atom is 0.338 e. The zero-order valence-electron chi connectivity index (χ0n) is 22.7. The van der Waals surface area contributed by atoms with Gasteiger partial charge in [-0.05, 0) is 77.3 Å².